The predicted molar refractivity (Wildman–Crippen MR) is 82.0 cm³/mol. The molecule has 7 heteroatoms. The average molecular weight is 310 g/mol. The van der Waals surface area contributed by atoms with Gasteiger partial charge in [-0.15, -0.1) is 0 Å². The zero-order valence-corrected chi connectivity index (χ0v) is 12.2. The van der Waals surface area contributed by atoms with Gasteiger partial charge in [0.2, 0.25) is 0 Å². The van der Waals surface area contributed by atoms with Crippen molar-refractivity contribution in [2.24, 2.45) is 0 Å². The third-order valence-electron chi connectivity index (χ3n) is 3.19. The summed E-state index contributed by atoms with van der Waals surface area (Å²) in [5.41, 5.74) is 1.71. The maximum absolute atomic E-state index is 12.0. The number of pyridine rings is 2. The third-order valence-corrected chi connectivity index (χ3v) is 3.19. The number of ether oxygens (including phenoxy) is 1. The third kappa shape index (κ3) is 3.52. The number of hydrogen-bond donors (Lipinski definition) is 1. The number of carbonyl (C=O) groups is 2. The molecule has 0 fully saturated rings. The minimum absolute atomic E-state index is 0.0925. The lowest BCUT2D eigenvalue weighted by Gasteiger charge is -2.07. The highest BCUT2D eigenvalue weighted by Crippen LogP contribution is 2.07. The predicted octanol–water partition coefficient (Wildman–Crippen LogP) is 1.32. The quantitative estimate of drug-likeness (QED) is 0.567. The van der Waals surface area contributed by atoms with Gasteiger partial charge in [0.15, 0.2) is 0 Å². The van der Waals surface area contributed by atoms with Crippen LogP contribution < -0.4 is 5.32 Å². The van der Waals surface area contributed by atoms with Crippen molar-refractivity contribution in [1.29, 1.82) is 0 Å². The van der Waals surface area contributed by atoms with Crippen LogP contribution in [-0.2, 0) is 4.74 Å². The van der Waals surface area contributed by atoms with Crippen LogP contribution in [-0.4, -0.2) is 39.4 Å². The Morgan fingerprint density at radius 2 is 2.09 bits per heavy atom. The van der Waals surface area contributed by atoms with Gasteiger partial charge < -0.3 is 14.5 Å². The van der Waals surface area contributed by atoms with Gasteiger partial charge >= 0.3 is 5.97 Å². The number of nitrogens with one attached hydrogen (secondary N) is 1. The number of rotatable bonds is 5. The van der Waals surface area contributed by atoms with Gasteiger partial charge in [-0.1, -0.05) is 0 Å². The van der Waals surface area contributed by atoms with E-state index in [1.54, 1.807) is 53.6 Å². The molecule has 0 radical (unpaired) electrons. The fourth-order valence-corrected chi connectivity index (χ4v) is 2.04. The second kappa shape index (κ2) is 6.69. The van der Waals surface area contributed by atoms with Crippen molar-refractivity contribution >= 4 is 17.4 Å². The van der Waals surface area contributed by atoms with E-state index in [-0.39, 0.29) is 19.1 Å². The molecule has 0 saturated carbocycles. The fraction of sp³-hybridized carbons (Fsp3) is 0.125. The molecule has 0 aromatic carbocycles. The molecule has 7 nitrogen and oxygen atoms in total. The largest absolute Gasteiger partial charge is 0.460 e. The van der Waals surface area contributed by atoms with Gasteiger partial charge in [0, 0.05) is 18.6 Å². The summed E-state index contributed by atoms with van der Waals surface area (Å²) >= 11 is 0. The zero-order chi connectivity index (χ0) is 16.1. The van der Waals surface area contributed by atoms with Crippen molar-refractivity contribution in [3.8, 4) is 0 Å². The molecule has 0 aliphatic rings. The van der Waals surface area contributed by atoms with Crippen molar-refractivity contribution in [3.63, 3.8) is 0 Å². The van der Waals surface area contributed by atoms with Crippen LogP contribution in [0.2, 0.25) is 0 Å². The Hall–Kier alpha value is -3.22. The monoisotopic (exact) mass is 310 g/mol. The number of hydrogen-bond acceptors (Lipinski definition) is 5. The van der Waals surface area contributed by atoms with Gasteiger partial charge in [-0.25, -0.2) is 9.78 Å². The molecule has 0 saturated heterocycles. The SMILES string of the molecule is O=C(NCCOC(=O)c1ccn2cncc2c1)c1cccnc1. The highest BCUT2D eigenvalue weighted by atomic mass is 16.5. The number of aromatic nitrogens is 3. The van der Waals surface area contributed by atoms with E-state index in [1.165, 1.54) is 6.20 Å². The molecule has 0 aliphatic heterocycles. The number of carbonyl (C=O) groups excluding carboxylic acids is 2. The van der Waals surface area contributed by atoms with Crippen LogP contribution in [0.25, 0.3) is 5.52 Å². The van der Waals surface area contributed by atoms with Gasteiger partial charge in [0.25, 0.3) is 5.91 Å². The Balaban J connectivity index is 1.48. The number of amides is 1. The molecule has 3 rings (SSSR count). The Morgan fingerprint density at radius 3 is 2.91 bits per heavy atom. The van der Waals surface area contributed by atoms with Crippen LogP contribution in [0.5, 0.6) is 0 Å². The first-order valence-corrected chi connectivity index (χ1v) is 7.01. The van der Waals surface area contributed by atoms with Crippen LogP contribution in [0.4, 0.5) is 0 Å². The lowest BCUT2D eigenvalue weighted by molar-refractivity contribution is 0.0503. The Bertz CT molecular complexity index is 829. The summed E-state index contributed by atoms with van der Waals surface area (Å²) < 4.78 is 6.94. The molecule has 1 amide bonds. The lowest BCUT2D eigenvalue weighted by atomic mass is 10.2. The molecule has 116 valence electrons. The Labute approximate surface area is 131 Å². The Morgan fingerprint density at radius 1 is 1.17 bits per heavy atom. The molecule has 23 heavy (non-hydrogen) atoms. The first kappa shape index (κ1) is 14.7. The minimum atomic E-state index is -0.440. The smallest absolute Gasteiger partial charge is 0.338 e. The normalized spacial score (nSPS) is 10.4. The number of imidazole rings is 1. The molecule has 3 aromatic rings. The van der Waals surface area contributed by atoms with E-state index in [0.29, 0.717) is 11.1 Å². The molecule has 1 N–H and O–H groups in total. The summed E-state index contributed by atoms with van der Waals surface area (Å²) in [6, 6.07) is 6.70. The van der Waals surface area contributed by atoms with E-state index < -0.39 is 5.97 Å². The van der Waals surface area contributed by atoms with Gasteiger partial charge in [-0.2, -0.15) is 0 Å². The van der Waals surface area contributed by atoms with E-state index >= 15 is 0 Å². The second-order valence-electron chi connectivity index (χ2n) is 4.77. The molecule has 0 bridgehead atoms. The first-order valence-electron chi connectivity index (χ1n) is 7.01. The fourth-order valence-electron chi connectivity index (χ4n) is 2.04. The van der Waals surface area contributed by atoms with Crippen LogP contribution in [0, 0.1) is 0 Å². The van der Waals surface area contributed by atoms with E-state index in [9.17, 15) is 9.59 Å². The maximum Gasteiger partial charge on any atom is 0.338 e. The molecule has 0 aliphatic carbocycles. The zero-order valence-electron chi connectivity index (χ0n) is 12.2. The molecule has 0 unspecified atom stereocenters. The standard InChI is InChI=1S/C16H14N4O3/c21-15(13-2-1-4-17-9-13)19-5-7-23-16(22)12-3-6-20-11-18-10-14(20)8-12/h1-4,6,8-11H,5,7H2,(H,19,21). The lowest BCUT2D eigenvalue weighted by Crippen LogP contribution is -2.28. The van der Waals surface area contributed by atoms with Gasteiger partial charge in [-0.05, 0) is 24.3 Å². The topological polar surface area (TPSA) is 85.6 Å². The van der Waals surface area contributed by atoms with Gasteiger partial charge in [0.1, 0.15) is 6.61 Å². The highest BCUT2D eigenvalue weighted by Gasteiger charge is 2.09. The summed E-state index contributed by atoms with van der Waals surface area (Å²) in [4.78, 5) is 31.6. The summed E-state index contributed by atoms with van der Waals surface area (Å²) in [6.45, 7) is 0.323. The maximum atomic E-state index is 12.0. The molecular weight excluding hydrogens is 296 g/mol. The molecule has 3 aromatic heterocycles. The van der Waals surface area contributed by atoms with Crippen LogP contribution in [0.15, 0.2) is 55.4 Å². The number of nitrogens with zero attached hydrogens (tertiary/aromatic N) is 3. The van der Waals surface area contributed by atoms with Crippen LogP contribution in [0.1, 0.15) is 20.7 Å². The number of esters is 1. The second-order valence-corrected chi connectivity index (χ2v) is 4.77. The van der Waals surface area contributed by atoms with E-state index in [2.05, 4.69) is 15.3 Å². The van der Waals surface area contributed by atoms with Crippen LogP contribution in [0.3, 0.4) is 0 Å². The Kier molecular flexibility index (Phi) is 4.28. The molecule has 3 heterocycles. The van der Waals surface area contributed by atoms with Crippen molar-refractivity contribution < 1.29 is 14.3 Å². The molecule has 0 spiro atoms. The molecule has 0 atom stereocenters. The highest BCUT2D eigenvalue weighted by molar-refractivity contribution is 5.94. The first-order chi connectivity index (χ1) is 11.2. The minimum Gasteiger partial charge on any atom is -0.460 e. The van der Waals surface area contributed by atoms with Crippen LogP contribution >= 0.6 is 0 Å². The van der Waals surface area contributed by atoms with E-state index in [0.717, 1.165) is 5.52 Å². The van der Waals surface area contributed by atoms with Crippen molar-refractivity contribution in [3.05, 3.63) is 66.5 Å². The number of fused-ring (bicyclic) bond motifs is 1. The van der Waals surface area contributed by atoms with E-state index in [1.807, 2.05) is 0 Å². The summed E-state index contributed by atoms with van der Waals surface area (Å²) in [5.74, 6) is -0.695. The van der Waals surface area contributed by atoms with Gasteiger partial charge in [-0.3, -0.25) is 9.78 Å². The summed E-state index contributed by atoms with van der Waals surface area (Å²) in [6.07, 6.45) is 8.12. The van der Waals surface area contributed by atoms with Crippen molar-refractivity contribution in [1.82, 2.24) is 19.7 Å². The molecular formula is C16H14N4O3. The van der Waals surface area contributed by atoms with Gasteiger partial charge in [0.05, 0.1) is 35.7 Å². The summed E-state index contributed by atoms with van der Waals surface area (Å²) in [7, 11) is 0. The average Bonchev–Trinajstić information content (AvgIpc) is 3.06. The van der Waals surface area contributed by atoms with E-state index in [4.69, 9.17) is 4.74 Å². The van der Waals surface area contributed by atoms with Crippen molar-refractivity contribution in [2.45, 2.75) is 0 Å². The summed E-state index contributed by atoms with van der Waals surface area (Å²) in [5, 5.41) is 2.66. The van der Waals surface area contributed by atoms with Crippen molar-refractivity contribution in [2.75, 3.05) is 13.2 Å².